The van der Waals surface area contributed by atoms with Crippen LogP contribution in [-0.2, 0) is 4.79 Å². The van der Waals surface area contributed by atoms with E-state index in [4.69, 9.17) is 4.74 Å². The van der Waals surface area contributed by atoms with Crippen LogP contribution in [0.5, 0.6) is 5.75 Å². The van der Waals surface area contributed by atoms with Crippen LogP contribution in [0, 0.1) is 0 Å². The number of ether oxygens (including phenoxy) is 1. The van der Waals surface area contributed by atoms with Crippen LogP contribution in [0.25, 0.3) is 16.8 Å². The second-order valence-corrected chi connectivity index (χ2v) is 6.66. The Balaban J connectivity index is 1.26. The molecular formula is C25H21N3O2. The van der Waals surface area contributed by atoms with E-state index in [1.165, 1.54) is 0 Å². The summed E-state index contributed by atoms with van der Waals surface area (Å²) >= 11 is 0. The summed E-state index contributed by atoms with van der Waals surface area (Å²) in [6.07, 6.45) is 5.49. The Labute approximate surface area is 175 Å². The molecule has 148 valence electrons. The number of nitrogens with zero attached hydrogens (tertiary/aromatic N) is 2. The molecule has 0 bridgehead atoms. The van der Waals surface area contributed by atoms with Gasteiger partial charge in [0.1, 0.15) is 5.75 Å². The van der Waals surface area contributed by atoms with Crippen molar-refractivity contribution in [2.75, 3.05) is 6.61 Å². The van der Waals surface area contributed by atoms with E-state index in [2.05, 4.69) is 22.7 Å². The van der Waals surface area contributed by atoms with Gasteiger partial charge in [-0.15, -0.1) is 0 Å². The molecule has 4 aromatic rings. The summed E-state index contributed by atoms with van der Waals surface area (Å²) in [5.74, 6) is 0.314. The highest BCUT2D eigenvalue weighted by atomic mass is 16.5. The third-order valence-electron chi connectivity index (χ3n) is 4.50. The minimum absolute atomic E-state index is 0.104. The fraction of sp³-hybridized carbons (Fsp3) is 0.0400. The summed E-state index contributed by atoms with van der Waals surface area (Å²) in [6, 6.07) is 29.6. The molecule has 1 amide bonds. The SMILES string of the molecule is O=C(COc1ccc(-c2ccccc2)cc1)N/N=C/c1ccn(-c2ccccc2)c1. The molecule has 5 heteroatoms. The maximum atomic E-state index is 12.0. The molecule has 0 atom stereocenters. The lowest BCUT2D eigenvalue weighted by Gasteiger charge is -2.06. The zero-order valence-corrected chi connectivity index (χ0v) is 16.3. The number of hydrazone groups is 1. The Kier molecular flexibility index (Phi) is 6.01. The average Bonchev–Trinajstić information content (AvgIpc) is 3.28. The van der Waals surface area contributed by atoms with Gasteiger partial charge in [0.2, 0.25) is 0 Å². The molecule has 0 aliphatic rings. The van der Waals surface area contributed by atoms with Crippen molar-refractivity contribution in [2.45, 2.75) is 0 Å². The number of rotatable bonds is 7. The molecular weight excluding hydrogens is 374 g/mol. The van der Waals surface area contributed by atoms with E-state index < -0.39 is 0 Å². The normalized spacial score (nSPS) is 10.8. The number of benzene rings is 3. The molecule has 0 spiro atoms. The molecule has 0 radical (unpaired) electrons. The molecule has 4 rings (SSSR count). The minimum atomic E-state index is -0.319. The highest BCUT2D eigenvalue weighted by Gasteiger charge is 2.03. The first-order valence-corrected chi connectivity index (χ1v) is 9.61. The molecule has 3 aromatic carbocycles. The van der Waals surface area contributed by atoms with E-state index in [0.717, 1.165) is 22.4 Å². The summed E-state index contributed by atoms with van der Waals surface area (Å²) in [5, 5.41) is 4.00. The number of aromatic nitrogens is 1. The van der Waals surface area contributed by atoms with Crippen LogP contribution in [0.3, 0.4) is 0 Å². The molecule has 1 aromatic heterocycles. The molecule has 0 aliphatic carbocycles. The topological polar surface area (TPSA) is 55.6 Å². The number of nitrogens with one attached hydrogen (secondary N) is 1. The van der Waals surface area contributed by atoms with Crippen molar-refractivity contribution in [1.82, 2.24) is 9.99 Å². The van der Waals surface area contributed by atoms with Crippen LogP contribution in [0.2, 0.25) is 0 Å². The fourth-order valence-corrected chi connectivity index (χ4v) is 2.98. The van der Waals surface area contributed by atoms with E-state index >= 15 is 0 Å². The summed E-state index contributed by atoms with van der Waals surface area (Å²) < 4.78 is 7.52. The van der Waals surface area contributed by atoms with Gasteiger partial charge in [0, 0.05) is 23.6 Å². The van der Waals surface area contributed by atoms with Gasteiger partial charge in [-0.1, -0.05) is 60.7 Å². The standard InChI is InChI=1S/C25H21N3O2/c29-25(19-30-24-13-11-22(12-14-24)21-7-3-1-4-8-21)27-26-17-20-15-16-28(18-20)23-9-5-2-6-10-23/h1-18H,19H2,(H,27,29)/b26-17+. The van der Waals surface area contributed by atoms with Crippen molar-refractivity contribution >= 4 is 12.1 Å². The quantitative estimate of drug-likeness (QED) is 0.365. The number of hydrogen-bond donors (Lipinski definition) is 1. The van der Waals surface area contributed by atoms with E-state index in [0.29, 0.717) is 5.75 Å². The lowest BCUT2D eigenvalue weighted by Crippen LogP contribution is -2.24. The van der Waals surface area contributed by atoms with Crippen molar-refractivity contribution in [3.05, 3.63) is 109 Å². The Hall–Kier alpha value is -4.12. The largest absolute Gasteiger partial charge is 0.484 e. The van der Waals surface area contributed by atoms with Gasteiger partial charge >= 0.3 is 0 Å². The van der Waals surface area contributed by atoms with Gasteiger partial charge in [0.25, 0.3) is 5.91 Å². The average molecular weight is 395 g/mol. The van der Waals surface area contributed by atoms with Crippen LogP contribution in [0.4, 0.5) is 0 Å². The molecule has 0 aliphatic heterocycles. The Morgan fingerprint density at radius 2 is 1.53 bits per heavy atom. The van der Waals surface area contributed by atoms with Gasteiger partial charge < -0.3 is 9.30 Å². The number of hydrogen-bond acceptors (Lipinski definition) is 3. The summed E-state index contributed by atoms with van der Waals surface area (Å²) in [5.41, 5.74) is 6.67. The molecule has 0 saturated heterocycles. The first-order valence-electron chi connectivity index (χ1n) is 9.61. The van der Waals surface area contributed by atoms with Gasteiger partial charge in [0.15, 0.2) is 6.61 Å². The van der Waals surface area contributed by atoms with E-state index in [1.807, 2.05) is 95.8 Å². The highest BCUT2D eigenvalue weighted by molar-refractivity contribution is 5.82. The van der Waals surface area contributed by atoms with Gasteiger partial charge in [-0.05, 0) is 41.5 Å². The zero-order valence-electron chi connectivity index (χ0n) is 16.3. The van der Waals surface area contributed by atoms with E-state index in [9.17, 15) is 4.79 Å². The number of carbonyl (C=O) groups excluding carboxylic acids is 1. The molecule has 1 heterocycles. The van der Waals surface area contributed by atoms with Crippen molar-refractivity contribution in [1.29, 1.82) is 0 Å². The summed E-state index contributed by atoms with van der Waals surface area (Å²) in [6.45, 7) is -0.104. The maximum Gasteiger partial charge on any atom is 0.277 e. The van der Waals surface area contributed by atoms with Crippen molar-refractivity contribution < 1.29 is 9.53 Å². The molecule has 0 unspecified atom stereocenters. The first kappa shape index (κ1) is 19.2. The zero-order chi connectivity index (χ0) is 20.6. The van der Waals surface area contributed by atoms with Gasteiger partial charge in [-0.2, -0.15) is 5.10 Å². The smallest absolute Gasteiger partial charge is 0.277 e. The predicted molar refractivity (Wildman–Crippen MR) is 119 cm³/mol. The highest BCUT2D eigenvalue weighted by Crippen LogP contribution is 2.21. The van der Waals surface area contributed by atoms with E-state index in [-0.39, 0.29) is 12.5 Å². The van der Waals surface area contributed by atoms with Gasteiger partial charge in [-0.25, -0.2) is 5.43 Å². The lowest BCUT2D eigenvalue weighted by molar-refractivity contribution is -0.123. The van der Waals surface area contributed by atoms with Crippen molar-refractivity contribution in [3.63, 3.8) is 0 Å². The fourth-order valence-electron chi connectivity index (χ4n) is 2.98. The Bertz CT molecular complexity index is 1120. The molecule has 0 saturated carbocycles. The van der Waals surface area contributed by atoms with Crippen LogP contribution >= 0.6 is 0 Å². The van der Waals surface area contributed by atoms with Gasteiger partial charge in [0.05, 0.1) is 6.21 Å². The van der Waals surface area contributed by atoms with Crippen LogP contribution in [0.15, 0.2) is 108 Å². The first-order chi connectivity index (χ1) is 14.8. The van der Waals surface area contributed by atoms with Crippen molar-refractivity contribution in [3.8, 4) is 22.6 Å². The third kappa shape index (κ3) is 5.02. The number of para-hydroxylation sites is 1. The predicted octanol–water partition coefficient (Wildman–Crippen LogP) is 4.67. The second-order valence-electron chi connectivity index (χ2n) is 6.66. The van der Waals surface area contributed by atoms with Gasteiger partial charge in [-0.3, -0.25) is 4.79 Å². The maximum absolute atomic E-state index is 12.0. The monoisotopic (exact) mass is 395 g/mol. The van der Waals surface area contributed by atoms with Crippen molar-refractivity contribution in [2.24, 2.45) is 5.10 Å². The van der Waals surface area contributed by atoms with Crippen LogP contribution in [-0.4, -0.2) is 23.3 Å². The summed E-state index contributed by atoms with van der Waals surface area (Å²) in [7, 11) is 0. The number of carbonyl (C=O) groups is 1. The molecule has 5 nitrogen and oxygen atoms in total. The van der Waals surface area contributed by atoms with Crippen LogP contribution in [0.1, 0.15) is 5.56 Å². The third-order valence-corrected chi connectivity index (χ3v) is 4.50. The number of amides is 1. The Morgan fingerprint density at radius 1 is 0.867 bits per heavy atom. The molecule has 30 heavy (non-hydrogen) atoms. The second kappa shape index (κ2) is 9.39. The summed E-state index contributed by atoms with van der Waals surface area (Å²) in [4.78, 5) is 12.0. The van der Waals surface area contributed by atoms with E-state index in [1.54, 1.807) is 6.21 Å². The lowest BCUT2D eigenvalue weighted by atomic mass is 10.1. The van der Waals surface area contributed by atoms with Crippen LogP contribution < -0.4 is 10.2 Å². The molecule has 1 N–H and O–H groups in total. The Morgan fingerprint density at radius 3 is 2.27 bits per heavy atom. The molecule has 0 fully saturated rings. The minimum Gasteiger partial charge on any atom is -0.484 e.